The third-order valence-electron chi connectivity index (χ3n) is 5.21. The third kappa shape index (κ3) is 3.51. The number of amides is 1. The van der Waals surface area contributed by atoms with Crippen LogP contribution in [0.5, 0.6) is 0 Å². The Morgan fingerprint density at radius 3 is 3.10 bits per heavy atom. The molecule has 8 heteroatoms. The van der Waals surface area contributed by atoms with E-state index in [0.717, 1.165) is 52.6 Å². The fraction of sp³-hybridized carbons (Fsp3) is 0.286. The lowest BCUT2D eigenvalue weighted by atomic mass is 10.2. The van der Waals surface area contributed by atoms with Crippen molar-refractivity contribution < 1.29 is 4.79 Å². The second-order valence-electron chi connectivity index (χ2n) is 7.30. The summed E-state index contributed by atoms with van der Waals surface area (Å²) < 4.78 is 0. The van der Waals surface area contributed by atoms with Crippen LogP contribution in [-0.4, -0.2) is 42.3 Å². The highest BCUT2D eigenvalue weighted by molar-refractivity contribution is 7.13. The van der Waals surface area contributed by atoms with Crippen LogP contribution in [-0.2, 0) is 11.2 Å². The van der Waals surface area contributed by atoms with E-state index in [-0.39, 0.29) is 18.4 Å². The number of benzene rings is 1. The Morgan fingerprint density at radius 1 is 1.31 bits per heavy atom. The van der Waals surface area contributed by atoms with Crippen molar-refractivity contribution in [2.45, 2.75) is 32.2 Å². The number of carbonyl (C=O) groups excluding carboxylic acids is 1. The first kappa shape index (κ1) is 17.9. The molecule has 1 saturated heterocycles. The van der Waals surface area contributed by atoms with E-state index in [2.05, 4.69) is 39.0 Å². The number of hydrogen-bond donors (Lipinski definition) is 1. The lowest BCUT2D eigenvalue weighted by molar-refractivity contribution is -0.131. The number of H-pyrrole nitrogens is 1. The van der Waals surface area contributed by atoms with Crippen LogP contribution >= 0.6 is 11.3 Å². The van der Waals surface area contributed by atoms with E-state index >= 15 is 0 Å². The Morgan fingerprint density at radius 2 is 2.24 bits per heavy atom. The first-order chi connectivity index (χ1) is 14.2. The van der Waals surface area contributed by atoms with Gasteiger partial charge in [0.25, 0.3) is 0 Å². The second kappa shape index (κ2) is 7.36. The van der Waals surface area contributed by atoms with Crippen molar-refractivity contribution in [3.8, 4) is 10.7 Å². The lowest BCUT2D eigenvalue weighted by Gasteiger charge is -2.22. The summed E-state index contributed by atoms with van der Waals surface area (Å²) in [4.78, 5) is 36.1. The Bertz CT molecular complexity index is 1170. The molecule has 146 valence electrons. The number of nitrogens with one attached hydrogen (secondary N) is 1. The third-order valence-corrected chi connectivity index (χ3v) is 6.12. The molecule has 5 rings (SSSR count). The monoisotopic (exact) mass is 404 g/mol. The zero-order chi connectivity index (χ0) is 19.8. The molecular formula is C21H20N6OS. The molecule has 29 heavy (non-hydrogen) atoms. The molecule has 0 radical (unpaired) electrons. The van der Waals surface area contributed by atoms with Gasteiger partial charge in [-0.3, -0.25) is 14.8 Å². The van der Waals surface area contributed by atoms with Gasteiger partial charge in [0.1, 0.15) is 16.5 Å². The van der Waals surface area contributed by atoms with Gasteiger partial charge in [-0.15, -0.1) is 11.3 Å². The minimum atomic E-state index is -0.00620. The topological polar surface area (TPSA) is 87.7 Å². The largest absolute Gasteiger partial charge is 0.340 e. The highest BCUT2D eigenvalue weighted by Crippen LogP contribution is 2.32. The van der Waals surface area contributed by atoms with E-state index in [1.54, 1.807) is 18.6 Å². The van der Waals surface area contributed by atoms with Gasteiger partial charge in [-0.25, -0.2) is 9.97 Å². The molecule has 0 aliphatic carbocycles. The molecule has 1 unspecified atom stereocenters. The van der Waals surface area contributed by atoms with Crippen LogP contribution in [0.3, 0.4) is 0 Å². The Balaban J connectivity index is 1.34. The van der Waals surface area contributed by atoms with Gasteiger partial charge in [0.15, 0.2) is 0 Å². The van der Waals surface area contributed by atoms with Gasteiger partial charge in [0.2, 0.25) is 5.91 Å². The molecule has 1 atom stereocenters. The van der Waals surface area contributed by atoms with Crippen molar-refractivity contribution >= 4 is 28.3 Å². The van der Waals surface area contributed by atoms with Crippen LogP contribution in [0, 0.1) is 6.92 Å². The lowest BCUT2D eigenvalue weighted by Crippen LogP contribution is -2.32. The number of nitrogens with zero attached hydrogens (tertiary/aromatic N) is 5. The normalized spacial score (nSPS) is 16.6. The smallest absolute Gasteiger partial charge is 0.229 e. The van der Waals surface area contributed by atoms with E-state index in [4.69, 9.17) is 4.98 Å². The summed E-state index contributed by atoms with van der Waals surface area (Å²) in [7, 11) is 0. The van der Waals surface area contributed by atoms with E-state index in [0.29, 0.717) is 0 Å². The van der Waals surface area contributed by atoms with Gasteiger partial charge in [0, 0.05) is 24.3 Å². The minimum absolute atomic E-state index is 0.00620. The van der Waals surface area contributed by atoms with Crippen molar-refractivity contribution in [2.75, 3.05) is 6.54 Å². The molecule has 1 aromatic carbocycles. The SMILES string of the molecule is Cc1ccc2nc(C3CCCN3C(=O)Cc3csc(-c4cnccn4)n3)[nH]c2c1. The average Bonchev–Trinajstić information content (AvgIpc) is 3.47. The van der Waals surface area contributed by atoms with Crippen LogP contribution in [0.4, 0.5) is 0 Å². The Hall–Kier alpha value is -3.13. The summed E-state index contributed by atoms with van der Waals surface area (Å²) in [6.07, 6.45) is 7.15. The van der Waals surface area contributed by atoms with Gasteiger partial charge in [-0.1, -0.05) is 6.07 Å². The number of carbonyl (C=O) groups is 1. The predicted molar refractivity (Wildman–Crippen MR) is 111 cm³/mol. The van der Waals surface area contributed by atoms with Crippen molar-refractivity contribution in [3.05, 3.63) is 59.3 Å². The van der Waals surface area contributed by atoms with Gasteiger partial charge >= 0.3 is 0 Å². The zero-order valence-electron chi connectivity index (χ0n) is 16.0. The molecule has 1 N–H and O–H groups in total. The van der Waals surface area contributed by atoms with E-state index in [1.165, 1.54) is 16.9 Å². The molecule has 3 aromatic heterocycles. The van der Waals surface area contributed by atoms with E-state index in [9.17, 15) is 4.79 Å². The number of aromatic amines is 1. The molecule has 7 nitrogen and oxygen atoms in total. The maximum absolute atomic E-state index is 13.0. The first-order valence-electron chi connectivity index (χ1n) is 9.64. The quantitative estimate of drug-likeness (QED) is 0.560. The van der Waals surface area contributed by atoms with Crippen LogP contribution in [0.25, 0.3) is 21.7 Å². The number of fused-ring (bicyclic) bond motifs is 1. The second-order valence-corrected chi connectivity index (χ2v) is 8.16. The van der Waals surface area contributed by atoms with Crippen molar-refractivity contribution in [1.82, 2.24) is 29.8 Å². The van der Waals surface area contributed by atoms with Crippen LogP contribution in [0.2, 0.25) is 0 Å². The van der Waals surface area contributed by atoms with Crippen LogP contribution < -0.4 is 0 Å². The molecule has 0 saturated carbocycles. The number of aromatic nitrogens is 5. The number of rotatable bonds is 4. The number of aryl methyl sites for hydroxylation is 1. The van der Waals surface area contributed by atoms with Crippen molar-refractivity contribution in [2.24, 2.45) is 0 Å². The molecule has 4 aromatic rings. The maximum atomic E-state index is 13.0. The Kier molecular flexibility index (Phi) is 4.55. The summed E-state index contributed by atoms with van der Waals surface area (Å²) in [5.41, 5.74) is 4.65. The molecule has 1 aliphatic heterocycles. The number of imidazole rings is 1. The van der Waals surface area contributed by atoms with Gasteiger partial charge in [0.05, 0.1) is 35.4 Å². The van der Waals surface area contributed by atoms with Gasteiger partial charge < -0.3 is 9.88 Å². The minimum Gasteiger partial charge on any atom is -0.340 e. The molecule has 4 heterocycles. The summed E-state index contributed by atoms with van der Waals surface area (Å²) in [5.74, 6) is 0.954. The molecular weight excluding hydrogens is 384 g/mol. The first-order valence-corrected chi connectivity index (χ1v) is 10.5. The van der Waals surface area contributed by atoms with E-state index in [1.807, 2.05) is 16.3 Å². The molecule has 0 bridgehead atoms. The molecule has 1 fully saturated rings. The standard InChI is InChI=1S/C21H20N6OS/c1-13-4-5-15-16(9-13)26-20(25-15)18-3-2-8-27(18)19(28)10-14-12-29-21(24-14)17-11-22-6-7-23-17/h4-7,9,11-12,18H,2-3,8,10H2,1H3,(H,25,26). The number of hydrogen-bond acceptors (Lipinski definition) is 6. The average molecular weight is 404 g/mol. The highest BCUT2D eigenvalue weighted by Gasteiger charge is 2.32. The molecule has 1 amide bonds. The van der Waals surface area contributed by atoms with Crippen molar-refractivity contribution in [3.63, 3.8) is 0 Å². The summed E-state index contributed by atoms with van der Waals surface area (Å²) in [6.45, 7) is 2.81. The number of likely N-dealkylation sites (tertiary alicyclic amines) is 1. The van der Waals surface area contributed by atoms with Gasteiger partial charge in [-0.05, 0) is 37.5 Å². The Labute approximate surface area is 171 Å². The fourth-order valence-electron chi connectivity index (χ4n) is 3.82. The zero-order valence-corrected chi connectivity index (χ0v) is 16.8. The van der Waals surface area contributed by atoms with E-state index < -0.39 is 0 Å². The van der Waals surface area contributed by atoms with Crippen LogP contribution in [0.1, 0.15) is 36.0 Å². The highest BCUT2D eigenvalue weighted by atomic mass is 32.1. The van der Waals surface area contributed by atoms with Crippen molar-refractivity contribution in [1.29, 1.82) is 0 Å². The number of thiazole rings is 1. The molecule has 0 spiro atoms. The maximum Gasteiger partial charge on any atom is 0.229 e. The predicted octanol–water partition coefficient (Wildman–Crippen LogP) is 3.69. The summed E-state index contributed by atoms with van der Waals surface area (Å²) in [6, 6.07) is 6.17. The molecule has 1 aliphatic rings. The van der Waals surface area contributed by atoms with Gasteiger partial charge in [-0.2, -0.15) is 0 Å². The summed E-state index contributed by atoms with van der Waals surface area (Å²) in [5, 5.41) is 2.71. The summed E-state index contributed by atoms with van der Waals surface area (Å²) >= 11 is 1.49. The van der Waals surface area contributed by atoms with Crippen LogP contribution in [0.15, 0.2) is 42.2 Å². The fourth-order valence-corrected chi connectivity index (χ4v) is 4.60.